The summed E-state index contributed by atoms with van der Waals surface area (Å²) in [4.78, 5) is 4.67. The van der Waals surface area contributed by atoms with Crippen molar-refractivity contribution < 1.29 is 4.42 Å². The first-order valence-corrected chi connectivity index (χ1v) is 7.36. The lowest BCUT2D eigenvalue weighted by Crippen LogP contribution is -2.14. The number of nitrogens with zero attached hydrogens (tertiary/aromatic N) is 1. The van der Waals surface area contributed by atoms with E-state index >= 15 is 0 Å². The van der Waals surface area contributed by atoms with Crippen LogP contribution in [-0.2, 0) is 0 Å². The zero-order chi connectivity index (χ0) is 14.8. The number of benzene rings is 1. The van der Waals surface area contributed by atoms with Gasteiger partial charge in [-0.15, -0.1) is 0 Å². The largest absolute Gasteiger partial charge is 0.459 e. The van der Waals surface area contributed by atoms with Gasteiger partial charge in [0.2, 0.25) is 0 Å². The van der Waals surface area contributed by atoms with Crippen LogP contribution in [0, 0.1) is 6.92 Å². The van der Waals surface area contributed by atoms with Crippen molar-refractivity contribution in [3.8, 4) is 11.3 Å². The maximum atomic E-state index is 6.06. The van der Waals surface area contributed by atoms with E-state index in [0.29, 0.717) is 0 Å². The molecular formula is C18H20N2O. The van der Waals surface area contributed by atoms with Crippen LogP contribution in [0.5, 0.6) is 0 Å². The van der Waals surface area contributed by atoms with Crippen LogP contribution in [0.2, 0.25) is 0 Å². The number of aryl methyl sites for hydroxylation is 1. The second kappa shape index (κ2) is 5.70. The summed E-state index contributed by atoms with van der Waals surface area (Å²) in [7, 11) is 1.96. The van der Waals surface area contributed by atoms with Gasteiger partial charge in [0.1, 0.15) is 11.5 Å². The maximum Gasteiger partial charge on any atom is 0.136 e. The molecule has 0 aliphatic rings. The predicted octanol–water partition coefficient (Wildman–Crippen LogP) is 4.47. The van der Waals surface area contributed by atoms with E-state index < -0.39 is 0 Å². The Balaban J connectivity index is 2.10. The molecule has 0 radical (unpaired) electrons. The van der Waals surface area contributed by atoms with Gasteiger partial charge >= 0.3 is 0 Å². The van der Waals surface area contributed by atoms with Gasteiger partial charge in [0.25, 0.3) is 0 Å². The molecule has 0 saturated heterocycles. The van der Waals surface area contributed by atoms with Crippen LogP contribution in [-0.4, -0.2) is 12.0 Å². The maximum absolute atomic E-state index is 6.06. The molecule has 1 atom stereocenters. The lowest BCUT2D eigenvalue weighted by atomic mass is 10.1. The highest BCUT2D eigenvalue weighted by Crippen LogP contribution is 2.31. The number of pyridine rings is 1. The Morgan fingerprint density at radius 2 is 2.00 bits per heavy atom. The third-order valence-corrected chi connectivity index (χ3v) is 3.85. The fourth-order valence-electron chi connectivity index (χ4n) is 2.68. The van der Waals surface area contributed by atoms with Crippen molar-refractivity contribution in [2.75, 3.05) is 7.05 Å². The lowest BCUT2D eigenvalue weighted by molar-refractivity contribution is 0.431. The first-order chi connectivity index (χ1) is 10.2. The molecular weight excluding hydrogens is 260 g/mol. The van der Waals surface area contributed by atoms with E-state index in [0.717, 1.165) is 40.1 Å². The summed E-state index contributed by atoms with van der Waals surface area (Å²) >= 11 is 0. The van der Waals surface area contributed by atoms with Crippen molar-refractivity contribution in [1.29, 1.82) is 0 Å². The Hall–Kier alpha value is -2.13. The number of hydrogen-bond acceptors (Lipinski definition) is 3. The highest BCUT2D eigenvalue weighted by molar-refractivity contribution is 5.92. The van der Waals surface area contributed by atoms with Gasteiger partial charge in [-0.1, -0.05) is 25.1 Å². The van der Waals surface area contributed by atoms with Crippen LogP contribution >= 0.6 is 0 Å². The molecule has 0 saturated carbocycles. The Morgan fingerprint density at radius 1 is 1.14 bits per heavy atom. The molecule has 1 aromatic carbocycles. The number of fused-ring (bicyclic) bond motifs is 1. The SMILES string of the molecule is CCC(NC)c1ccc(-c2cccc3ccc(C)nc23)o1. The first-order valence-electron chi connectivity index (χ1n) is 7.36. The number of hydrogen-bond donors (Lipinski definition) is 1. The summed E-state index contributed by atoms with van der Waals surface area (Å²) < 4.78 is 6.06. The van der Waals surface area contributed by atoms with Crippen LogP contribution < -0.4 is 5.32 Å². The minimum atomic E-state index is 0.253. The number of para-hydroxylation sites is 1. The van der Waals surface area contributed by atoms with Gasteiger partial charge in [0.05, 0.1) is 11.6 Å². The van der Waals surface area contributed by atoms with E-state index in [1.807, 2.05) is 32.2 Å². The van der Waals surface area contributed by atoms with E-state index in [2.05, 4.69) is 41.5 Å². The summed E-state index contributed by atoms with van der Waals surface area (Å²) in [6.07, 6.45) is 0.996. The summed E-state index contributed by atoms with van der Waals surface area (Å²) in [6.45, 7) is 4.16. The van der Waals surface area contributed by atoms with Crippen LogP contribution in [0.25, 0.3) is 22.2 Å². The minimum absolute atomic E-state index is 0.253. The standard InChI is InChI=1S/C18H20N2O/c1-4-15(19-3)17-11-10-16(21-17)14-7-5-6-13-9-8-12(2)20-18(13)14/h5-11,15,19H,4H2,1-3H3. The zero-order valence-electron chi connectivity index (χ0n) is 12.7. The molecule has 3 heteroatoms. The van der Waals surface area contributed by atoms with Gasteiger partial charge in [-0.3, -0.25) is 4.98 Å². The predicted molar refractivity (Wildman–Crippen MR) is 86.3 cm³/mol. The van der Waals surface area contributed by atoms with Gasteiger partial charge in [0.15, 0.2) is 0 Å². The topological polar surface area (TPSA) is 38.1 Å². The monoisotopic (exact) mass is 280 g/mol. The van der Waals surface area contributed by atoms with E-state index in [1.165, 1.54) is 0 Å². The lowest BCUT2D eigenvalue weighted by Gasteiger charge is -2.10. The third-order valence-electron chi connectivity index (χ3n) is 3.85. The van der Waals surface area contributed by atoms with Gasteiger partial charge in [-0.25, -0.2) is 0 Å². The number of rotatable bonds is 4. The van der Waals surface area contributed by atoms with E-state index in [4.69, 9.17) is 4.42 Å². The Bertz CT molecular complexity index is 757. The second-order valence-corrected chi connectivity index (χ2v) is 5.28. The Kier molecular flexibility index (Phi) is 3.76. The smallest absolute Gasteiger partial charge is 0.136 e. The third kappa shape index (κ3) is 2.57. The van der Waals surface area contributed by atoms with Crippen molar-refractivity contribution in [1.82, 2.24) is 10.3 Å². The molecule has 0 bridgehead atoms. The van der Waals surface area contributed by atoms with E-state index in [-0.39, 0.29) is 6.04 Å². The van der Waals surface area contributed by atoms with Crippen LogP contribution in [0.3, 0.4) is 0 Å². The molecule has 0 aliphatic carbocycles. The number of nitrogens with one attached hydrogen (secondary N) is 1. The van der Waals surface area contributed by atoms with Crippen molar-refractivity contribution >= 4 is 10.9 Å². The van der Waals surface area contributed by atoms with Crippen LogP contribution in [0.1, 0.15) is 30.8 Å². The summed E-state index contributed by atoms with van der Waals surface area (Å²) in [5.74, 6) is 1.85. The quantitative estimate of drug-likeness (QED) is 0.766. The highest BCUT2D eigenvalue weighted by Gasteiger charge is 2.14. The molecule has 3 aromatic rings. The molecule has 0 amide bonds. The molecule has 0 aliphatic heterocycles. The average Bonchev–Trinajstić information content (AvgIpc) is 2.97. The number of aromatic nitrogens is 1. The van der Waals surface area contributed by atoms with E-state index in [1.54, 1.807) is 0 Å². The Labute approximate surface area is 125 Å². The highest BCUT2D eigenvalue weighted by atomic mass is 16.3. The fourth-order valence-corrected chi connectivity index (χ4v) is 2.68. The molecule has 0 spiro atoms. The van der Waals surface area contributed by atoms with Crippen molar-refractivity contribution in [2.45, 2.75) is 26.3 Å². The molecule has 2 heterocycles. The van der Waals surface area contributed by atoms with Crippen LogP contribution in [0.4, 0.5) is 0 Å². The first kappa shape index (κ1) is 13.8. The summed E-state index contributed by atoms with van der Waals surface area (Å²) in [5, 5.41) is 4.41. The molecule has 1 N–H and O–H groups in total. The molecule has 3 nitrogen and oxygen atoms in total. The average molecular weight is 280 g/mol. The van der Waals surface area contributed by atoms with Crippen LogP contribution in [0.15, 0.2) is 46.9 Å². The molecule has 3 rings (SSSR count). The Morgan fingerprint density at radius 3 is 2.76 bits per heavy atom. The van der Waals surface area contributed by atoms with Crippen molar-refractivity contribution in [3.05, 3.63) is 53.9 Å². The van der Waals surface area contributed by atoms with E-state index in [9.17, 15) is 0 Å². The number of furan rings is 1. The molecule has 1 unspecified atom stereocenters. The summed E-state index contributed by atoms with van der Waals surface area (Å²) in [6, 6.07) is 14.7. The van der Waals surface area contributed by atoms with Gasteiger partial charge in [0, 0.05) is 16.6 Å². The second-order valence-electron chi connectivity index (χ2n) is 5.28. The minimum Gasteiger partial charge on any atom is -0.459 e. The molecule has 0 fully saturated rings. The zero-order valence-corrected chi connectivity index (χ0v) is 12.7. The normalized spacial score (nSPS) is 12.7. The fraction of sp³-hybridized carbons (Fsp3) is 0.278. The summed E-state index contributed by atoms with van der Waals surface area (Å²) in [5.41, 5.74) is 3.06. The van der Waals surface area contributed by atoms with Gasteiger partial charge < -0.3 is 9.73 Å². The molecule has 108 valence electrons. The van der Waals surface area contributed by atoms with Gasteiger partial charge in [-0.05, 0) is 44.7 Å². The molecule has 21 heavy (non-hydrogen) atoms. The molecule has 2 aromatic heterocycles. The van der Waals surface area contributed by atoms with Crippen molar-refractivity contribution in [3.63, 3.8) is 0 Å². The van der Waals surface area contributed by atoms with Gasteiger partial charge in [-0.2, -0.15) is 0 Å². The van der Waals surface area contributed by atoms with Crippen molar-refractivity contribution in [2.24, 2.45) is 0 Å².